The highest BCUT2D eigenvalue weighted by Crippen LogP contribution is 2.25. The lowest BCUT2D eigenvalue weighted by atomic mass is 10.0. The van der Waals surface area contributed by atoms with E-state index in [2.05, 4.69) is 0 Å². The zero-order valence-electron chi connectivity index (χ0n) is 15.1. The molecule has 2 aromatic rings. The van der Waals surface area contributed by atoms with Crippen LogP contribution in [0.1, 0.15) is 15.9 Å². The Hall–Kier alpha value is -2.30. The minimum absolute atomic E-state index is 0.0700. The van der Waals surface area contributed by atoms with Crippen molar-refractivity contribution in [2.75, 3.05) is 6.61 Å². The number of ether oxygens (including phenoxy) is 2. The van der Waals surface area contributed by atoms with Gasteiger partial charge in [0.1, 0.15) is 6.10 Å². The van der Waals surface area contributed by atoms with Gasteiger partial charge < -0.3 is 20.3 Å². The summed E-state index contributed by atoms with van der Waals surface area (Å²) in [5.74, 6) is -0.760. The number of nitrogens with two attached hydrogens (primary N) is 1. The van der Waals surface area contributed by atoms with Gasteiger partial charge in [-0.05, 0) is 31.2 Å². The summed E-state index contributed by atoms with van der Waals surface area (Å²) in [6.07, 6.45) is -4.31. The summed E-state index contributed by atoms with van der Waals surface area (Å²) in [5.41, 5.74) is 7.05. The topological polar surface area (TPSA) is 125 Å². The lowest BCUT2D eigenvalue weighted by Gasteiger charge is -2.37. The summed E-state index contributed by atoms with van der Waals surface area (Å²) < 4.78 is 40.9. The molecule has 0 spiro atoms. The first-order valence-electron chi connectivity index (χ1n) is 8.59. The molecule has 3 N–H and O–H groups in total. The Kier molecular flexibility index (Phi) is 6.11. The normalized spacial score (nSPS) is 25.2. The number of aryl methyl sites for hydroxylation is 1. The number of hydrogen-bond donors (Lipinski definition) is 2. The van der Waals surface area contributed by atoms with Gasteiger partial charge in [0.25, 0.3) is 10.1 Å². The van der Waals surface area contributed by atoms with Gasteiger partial charge >= 0.3 is 5.97 Å². The zero-order chi connectivity index (χ0) is 20.3. The first-order chi connectivity index (χ1) is 13.3. The highest BCUT2D eigenvalue weighted by Gasteiger charge is 2.44. The van der Waals surface area contributed by atoms with E-state index < -0.39 is 40.6 Å². The van der Waals surface area contributed by atoms with E-state index in [1.807, 2.05) is 6.92 Å². The second-order valence-electron chi connectivity index (χ2n) is 6.45. The van der Waals surface area contributed by atoms with Crippen LogP contribution in [-0.2, 0) is 23.8 Å². The van der Waals surface area contributed by atoms with Crippen molar-refractivity contribution < 1.29 is 32.0 Å². The largest absolute Gasteiger partial charge is 0.450 e. The van der Waals surface area contributed by atoms with E-state index in [0.29, 0.717) is 0 Å². The van der Waals surface area contributed by atoms with Crippen molar-refractivity contribution in [3.63, 3.8) is 0 Å². The van der Waals surface area contributed by atoms with Crippen LogP contribution in [0.2, 0.25) is 0 Å². The van der Waals surface area contributed by atoms with Gasteiger partial charge in [-0.15, -0.1) is 0 Å². The molecule has 0 saturated carbocycles. The molecule has 9 heteroatoms. The molecule has 3 rings (SSSR count). The average Bonchev–Trinajstić information content (AvgIpc) is 2.68. The summed E-state index contributed by atoms with van der Waals surface area (Å²) in [6.45, 7) is 1.66. The average molecular weight is 407 g/mol. The van der Waals surface area contributed by atoms with Crippen LogP contribution in [-0.4, -0.2) is 50.6 Å². The molecule has 0 bridgehead atoms. The Morgan fingerprint density at radius 1 is 1.11 bits per heavy atom. The van der Waals surface area contributed by atoms with Gasteiger partial charge in [-0.1, -0.05) is 35.9 Å². The first-order valence-corrected chi connectivity index (χ1v) is 10.00. The number of esters is 1. The molecule has 150 valence electrons. The molecule has 8 nitrogen and oxygen atoms in total. The third-order valence-electron chi connectivity index (χ3n) is 4.29. The minimum Gasteiger partial charge on any atom is -0.450 e. The Labute approximate surface area is 163 Å². The van der Waals surface area contributed by atoms with Gasteiger partial charge in [0, 0.05) is 0 Å². The maximum absolute atomic E-state index is 12.6. The number of rotatable bonds is 5. The maximum atomic E-state index is 12.6. The van der Waals surface area contributed by atoms with Gasteiger partial charge in [-0.3, -0.25) is 4.18 Å². The second-order valence-corrected chi connectivity index (χ2v) is 8.02. The predicted octanol–water partition coefficient (Wildman–Crippen LogP) is 0.970. The van der Waals surface area contributed by atoms with Crippen molar-refractivity contribution in [2.45, 2.75) is 36.4 Å². The Morgan fingerprint density at radius 3 is 2.39 bits per heavy atom. The fourth-order valence-electron chi connectivity index (χ4n) is 2.73. The number of aliphatic hydroxyl groups excluding tert-OH is 1. The lowest BCUT2D eigenvalue weighted by molar-refractivity contribution is -0.220. The number of carbonyl (C=O) groups is 1. The second kappa shape index (κ2) is 8.38. The number of hydrogen-bond acceptors (Lipinski definition) is 8. The van der Waals surface area contributed by atoms with Crippen LogP contribution < -0.4 is 5.73 Å². The lowest BCUT2D eigenvalue weighted by Crippen LogP contribution is -2.59. The summed E-state index contributed by atoms with van der Waals surface area (Å²) in [6, 6.07) is 13.2. The van der Waals surface area contributed by atoms with Crippen molar-refractivity contribution in [3.05, 3.63) is 65.7 Å². The Balaban J connectivity index is 1.83. The highest BCUT2D eigenvalue weighted by atomic mass is 32.2. The molecular weight excluding hydrogens is 386 g/mol. The van der Waals surface area contributed by atoms with Crippen LogP contribution in [0.25, 0.3) is 0 Å². The third kappa shape index (κ3) is 4.57. The summed E-state index contributed by atoms with van der Waals surface area (Å²) >= 11 is 0. The molecule has 0 amide bonds. The molecule has 1 aliphatic rings. The van der Waals surface area contributed by atoms with Crippen LogP contribution in [0.5, 0.6) is 0 Å². The van der Waals surface area contributed by atoms with Crippen molar-refractivity contribution in [1.29, 1.82) is 0 Å². The van der Waals surface area contributed by atoms with E-state index in [-0.39, 0.29) is 17.1 Å². The van der Waals surface area contributed by atoms with Gasteiger partial charge in [0.15, 0.2) is 12.4 Å². The van der Waals surface area contributed by atoms with E-state index in [4.69, 9.17) is 19.4 Å². The van der Waals surface area contributed by atoms with Gasteiger partial charge in [0.2, 0.25) is 0 Å². The van der Waals surface area contributed by atoms with Gasteiger partial charge in [0.05, 0.1) is 23.1 Å². The molecule has 1 aliphatic heterocycles. The number of aliphatic hydroxyl groups is 1. The Bertz CT molecular complexity index is 915. The Morgan fingerprint density at radius 2 is 1.75 bits per heavy atom. The quantitative estimate of drug-likeness (QED) is 0.555. The molecule has 0 radical (unpaired) electrons. The molecule has 1 saturated heterocycles. The monoisotopic (exact) mass is 407 g/mol. The maximum Gasteiger partial charge on any atom is 0.338 e. The van der Waals surface area contributed by atoms with Gasteiger partial charge in [-0.25, -0.2) is 4.79 Å². The summed E-state index contributed by atoms with van der Waals surface area (Å²) in [5, 5.41) is 10.1. The van der Waals surface area contributed by atoms with E-state index in [1.165, 1.54) is 24.3 Å². The van der Waals surface area contributed by atoms with Crippen molar-refractivity contribution in [1.82, 2.24) is 0 Å². The number of carbonyl (C=O) groups excluding carboxylic acids is 1. The van der Waals surface area contributed by atoms with Crippen molar-refractivity contribution >= 4 is 16.1 Å². The highest BCUT2D eigenvalue weighted by molar-refractivity contribution is 7.86. The molecule has 0 aromatic heterocycles. The third-order valence-corrected chi connectivity index (χ3v) is 5.61. The van der Waals surface area contributed by atoms with Crippen LogP contribution in [0.3, 0.4) is 0 Å². The fourth-order valence-corrected chi connectivity index (χ4v) is 3.85. The molecule has 4 unspecified atom stereocenters. The fraction of sp³-hybridized carbons (Fsp3) is 0.316. The predicted molar refractivity (Wildman–Crippen MR) is 98.8 cm³/mol. The molecule has 0 aliphatic carbocycles. The first kappa shape index (κ1) is 20.4. The van der Waals surface area contributed by atoms with Crippen LogP contribution in [0.4, 0.5) is 0 Å². The van der Waals surface area contributed by atoms with E-state index in [9.17, 15) is 18.3 Å². The van der Waals surface area contributed by atoms with Crippen LogP contribution in [0.15, 0.2) is 59.5 Å². The molecule has 1 heterocycles. The number of benzene rings is 2. The van der Waals surface area contributed by atoms with Crippen LogP contribution >= 0.6 is 0 Å². The molecule has 1 fully saturated rings. The molecular formula is C19H21NO7S. The summed E-state index contributed by atoms with van der Waals surface area (Å²) in [4.78, 5) is 12.3. The zero-order valence-corrected chi connectivity index (χ0v) is 15.9. The molecule has 4 atom stereocenters. The summed E-state index contributed by atoms with van der Waals surface area (Å²) in [7, 11) is -4.20. The van der Waals surface area contributed by atoms with Crippen molar-refractivity contribution in [2.24, 2.45) is 5.73 Å². The van der Waals surface area contributed by atoms with Crippen molar-refractivity contribution in [3.8, 4) is 0 Å². The molecule has 2 aromatic carbocycles. The molecule has 28 heavy (non-hydrogen) atoms. The van der Waals surface area contributed by atoms with Crippen LogP contribution in [0, 0.1) is 6.92 Å². The smallest absolute Gasteiger partial charge is 0.338 e. The standard InChI is InChI=1S/C19H21NO7S/c1-12-7-9-14(10-8-12)28(23,24)27-16-15(20)11-25-19(22)17(16)26-18(21)13-5-3-2-4-6-13/h2-10,15-17,19,22H,11,20H2,1H3. The van der Waals surface area contributed by atoms with Gasteiger partial charge in [-0.2, -0.15) is 8.42 Å². The van der Waals surface area contributed by atoms with E-state index >= 15 is 0 Å². The van der Waals surface area contributed by atoms with E-state index in [0.717, 1.165) is 5.56 Å². The SMILES string of the molecule is Cc1ccc(S(=O)(=O)OC2C(N)COC(O)C2OC(=O)c2ccccc2)cc1. The van der Waals surface area contributed by atoms with E-state index in [1.54, 1.807) is 30.3 Å². The minimum atomic E-state index is -4.20.